The van der Waals surface area contributed by atoms with Crippen LogP contribution >= 0.6 is 0 Å². The fourth-order valence-corrected chi connectivity index (χ4v) is 2.30. The van der Waals surface area contributed by atoms with Crippen LogP contribution in [0.2, 0.25) is 0 Å². The smallest absolute Gasteiger partial charge is 0.344 e. The van der Waals surface area contributed by atoms with Crippen LogP contribution in [0.5, 0.6) is 5.75 Å². The summed E-state index contributed by atoms with van der Waals surface area (Å²) >= 11 is 0. The number of benzene rings is 2. The summed E-state index contributed by atoms with van der Waals surface area (Å²) in [4.78, 5) is 23.6. The van der Waals surface area contributed by atoms with Crippen molar-refractivity contribution in [3.63, 3.8) is 0 Å². The Kier molecular flexibility index (Phi) is 6.78. The number of esters is 1. The number of ether oxygens (including phenoxy) is 2. The van der Waals surface area contributed by atoms with Gasteiger partial charge in [-0.25, -0.2) is 4.79 Å². The standard InChI is InChI=1S/C21H25NO4/c1-14(2)17-6-9-19(10-7-17)25-13-21(24)26-12-20(23)22-18-8-5-15(3)16(4)11-18/h5-11,14H,12-13H2,1-4H3,(H,22,23). The van der Waals surface area contributed by atoms with Gasteiger partial charge in [0.2, 0.25) is 0 Å². The lowest BCUT2D eigenvalue weighted by Gasteiger charge is -2.10. The van der Waals surface area contributed by atoms with Crippen molar-refractivity contribution in [3.05, 3.63) is 59.2 Å². The highest BCUT2D eigenvalue weighted by atomic mass is 16.6. The first-order valence-electron chi connectivity index (χ1n) is 8.60. The molecule has 2 aromatic rings. The SMILES string of the molecule is Cc1ccc(NC(=O)COC(=O)COc2ccc(C(C)C)cc2)cc1C. The van der Waals surface area contributed by atoms with Gasteiger partial charge in [-0.05, 0) is 60.7 Å². The van der Waals surface area contributed by atoms with E-state index in [1.54, 1.807) is 0 Å². The predicted octanol–water partition coefficient (Wildman–Crippen LogP) is 3.99. The van der Waals surface area contributed by atoms with Crippen LogP contribution in [0.1, 0.15) is 36.5 Å². The molecule has 0 bridgehead atoms. The molecule has 0 heterocycles. The number of hydrogen-bond acceptors (Lipinski definition) is 4. The summed E-state index contributed by atoms with van der Waals surface area (Å²) in [6.45, 7) is 7.60. The first-order valence-corrected chi connectivity index (χ1v) is 8.60. The molecule has 0 aliphatic carbocycles. The second-order valence-corrected chi connectivity index (χ2v) is 6.52. The molecule has 1 amide bonds. The van der Waals surface area contributed by atoms with Gasteiger partial charge in [-0.2, -0.15) is 0 Å². The second kappa shape index (κ2) is 9.04. The van der Waals surface area contributed by atoms with E-state index in [-0.39, 0.29) is 19.1 Å². The van der Waals surface area contributed by atoms with Gasteiger partial charge in [0.15, 0.2) is 13.2 Å². The Labute approximate surface area is 154 Å². The van der Waals surface area contributed by atoms with Gasteiger partial charge in [-0.1, -0.05) is 32.0 Å². The molecule has 5 nitrogen and oxygen atoms in total. The Hall–Kier alpha value is -2.82. The molecule has 0 fully saturated rings. The van der Waals surface area contributed by atoms with Crippen molar-refractivity contribution in [1.82, 2.24) is 0 Å². The number of carbonyl (C=O) groups excluding carboxylic acids is 2. The Morgan fingerprint density at radius 3 is 2.27 bits per heavy atom. The molecule has 0 radical (unpaired) electrons. The molecular formula is C21H25NO4. The van der Waals surface area contributed by atoms with E-state index in [0.29, 0.717) is 17.4 Å². The Morgan fingerprint density at radius 1 is 0.962 bits per heavy atom. The maximum atomic E-state index is 11.9. The maximum Gasteiger partial charge on any atom is 0.344 e. The summed E-state index contributed by atoms with van der Waals surface area (Å²) in [6, 6.07) is 13.2. The summed E-state index contributed by atoms with van der Waals surface area (Å²) in [5.74, 6) is 0.0480. The zero-order valence-electron chi connectivity index (χ0n) is 15.7. The van der Waals surface area contributed by atoms with E-state index >= 15 is 0 Å². The van der Waals surface area contributed by atoms with E-state index in [2.05, 4.69) is 19.2 Å². The number of aryl methyl sites for hydroxylation is 2. The van der Waals surface area contributed by atoms with Crippen molar-refractivity contribution in [3.8, 4) is 5.75 Å². The molecule has 0 aliphatic heterocycles. The molecule has 0 spiro atoms. The molecule has 0 saturated heterocycles. The van der Waals surface area contributed by atoms with Crippen molar-refractivity contribution in [2.45, 2.75) is 33.6 Å². The molecule has 0 saturated carbocycles. The lowest BCUT2D eigenvalue weighted by atomic mass is 10.0. The summed E-state index contributed by atoms with van der Waals surface area (Å²) in [7, 11) is 0. The minimum Gasteiger partial charge on any atom is -0.482 e. The van der Waals surface area contributed by atoms with Crippen molar-refractivity contribution >= 4 is 17.6 Å². The number of nitrogens with one attached hydrogen (secondary N) is 1. The average molecular weight is 355 g/mol. The van der Waals surface area contributed by atoms with Gasteiger partial charge in [0.05, 0.1) is 0 Å². The van der Waals surface area contributed by atoms with Crippen LogP contribution in [0, 0.1) is 13.8 Å². The van der Waals surface area contributed by atoms with Crippen LogP contribution in [0.15, 0.2) is 42.5 Å². The van der Waals surface area contributed by atoms with E-state index in [4.69, 9.17) is 9.47 Å². The van der Waals surface area contributed by atoms with E-state index in [1.165, 1.54) is 5.56 Å². The molecule has 26 heavy (non-hydrogen) atoms. The van der Waals surface area contributed by atoms with Gasteiger partial charge in [0.25, 0.3) is 5.91 Å². The molecular weight excluding hydrogens is 330 g/mol. The molecule has 1 N–H and O–H groups in total. The molecule has 2 aromatic carbocycles. The first-order chi connectivity index (χ1) is 12.3. The number of carbonyl (C=O) groups is 2. The van der Waals surface area contributed by atoms with Crippen LogP contribution in [-0.2, 0) is 14.3 Å². The first kappa shape index (κ1) is 19.5. The van der Waals surface area contributed by atoms with Crippen LogP contribution < -0.4 is 10.1 Å². The number of hydrogen-bond donors (Lipinski definition) is 1. The lowest BCUT2D eigenvalue weighted by molar-refractivity contribution is -0.149. The zero-order valence-corrected chi connectivity index (χ0v) is 15.7. The fourth-order valence-electron chi connectivity index (χ4n) is 2.30. The van der Waals surface area contributed by atoms with E-state index in [1.807, 2.05) is 56.3 Å². The molecule has 2 rings (SSSR count). The minimum absolute atomic E-state index is 0.238. The topological polar surface area (TPSA) is 64.6 Å². The molecule has 0 atom stereocenters. The molecule has 0 unspecified atom stereocenters. The van der Waals surface area contributed by atoms with E-state index < -0.39 is 5.97 Å². The molecule has 5 heteroatoms. The zero-order chi connectivity index (χ0) is 19.1. The number of amides is 1. The summed E-state index contributed by atoms with van der Waals surface area (Å²) < 4.78 is 10.3. The summed E-state index contributed by atoms with van der Waals surface area (Å²) in [5, 5.41) is 2.70. The third-order valence-corrected chi connectivity index (χ3v) is 4.06. The Bertz CT molecular complexity index is 766. The third-order valence-electron chi connectivity index (χ3n) is 4.06. The summed E-state index contributed by atoms with van der Waals surface area (Å²) in [6.07, 6.45) is 0. The minimum atomic E-state index is -0.590. The highest BCUT2D eigenvalue weighted by Crippen LogP contribution is 2.18. The Morgan fingerprint density at radius 2 is 1.65 bits per heavy atom. The van der Waals surface area contributed by atoms with Gasteiger partial charge >= 0.3 is 5.97 Å². The molecule has 0 aromatic heterocycles. The van der Waals surface area contributed by atoms with Crippen molar-refractivity contribution in [1.29, 1.82) is 0 Å². The van der Waals surface area contributed by atoms with Crippen LogP contribution in [-0.4, -0.2) is 25.1 Å². The van der Waals surface area contributed by atoms with Gasteiger partial charge in [0.1, 0.15) is 5.75 Å². The number of anilines is 1. The van der Waals surface area contributed by atoms with Crippen molar-refractivity contribution < 1.29 is 19.1 Å². The van der Waals surface area contributed by atoms with Crippen LogP contribution in [0.25, 0.3) is 0 Å². The monoisotopic (exact) mass is 355 g/mol. The lowest BCUT2D eigenvalue weighted by Crippen LogP contribution is -2.23. The van der Waals surface area contributed by atoms with Gasteiger partial charge in [-0.15, -0.1) is 0 Å². The largest absolute Gasteiger partial charge is 0.482 e. The normalized spacial score (nSPS) is 10.5. The van der Waals surface area contributed by atoms with E-state index in [0.717, 1.165) is 11.1 Å². The third kappa shape index (κ3) is 5.92. The van der Waals surface area contributed by atoms with Crippen LogP contribution in [0.4, 0.5) is 5.69 Å². The average Bonchev–Trinajstić information content (AvgIpc) is 2.61. The molecule has 0 aliphatic rings. The highest BCUT2D eigenvalue weighted by Gasteiger charge is 2.09. The van der Waals surface area contributed by atoms with Crippen molar-refractivity contribution in [2.75, 3.05) is 18.5 Å². The Balaban J connectivity index is 1.73. The van der Waals surface area contributed by atoms with E-state index in [9.17, 15) is 9.59 Å². The van der Waals surface area contributed by atoms with Crippen molar-refractivity contribution in [2.24, 2.45) is 0 Å². The quantitative estimate of drug-likeness (QED) is 0.763. The summed E-state index contributed by atoms with van der Waals surface area (Å²) in [5.41, 5.74) is 4.10. The fraction of sp³-hybridized carbons (Fsp3) is 0.333. The van der Waals surface area contributed by atoms with Crippen LogP contribution in [0.3, 0.4) is 0 Å². The second-order valence-electron chi connectivity index (χ2n) is 6.52. The maximum absolute atomic E-state index is 11.9. The molecule has 138 valence electrons. The van der Waals surface area contributed by atoms with Gasteiger partial charge in [0, 0.05) is 5.69 Å². The van der Waals surface area contributed by atoms with Gasteiger partial charge < -0.3 is 14.8 Å². The number of rotatable bonds is 7. The highest BCUT2D eigenvalue weighted by molar-refractivity contribution is 5.93. The predicted molar refractivity (Wildman–Crippen MR) is 102 cm³/mol. The van der Waals surface area contributed by atoms with Gasteiger partial charge in [-0.3, -0.25) is 4.79 Å².